The number of benzene rings is 1. The van der Waals surface area contributed by atoms with Crippen LogP contribution in [0.15, 0.2) is 18.2 Å². The Kier molecular flexibility index (Phi) is 4.24. The van der Waals surface area contributed by atoms with E-state index in [0.717, 1.165) is 31.0 Å². The van der Waals surface area contributed by atoms with Crippen LogP contribution in [-0.4, -0.2) is 22.4 Å². The van der Waals surface area contributed by atoms with Crippen molar-refractivity contribution in [3.63, 3.8) is 0 Å². The summed E-state index contributed by atoms with van der Waals surface area (Å²) in [5.74, 6) is 0.0740. The van der Waals surface area contributed by atoms with Crippen molar-refractivity contribution in [2.24, 2.45) is 22.7 Å². The predicted molar refractivity (Wildman–Crippen MR) is 92.8 cm³/mol. The lowest BCUT2D eigenvalue weighted by atomic mass is 9.67. The monoisotopic (exact) mass is 362 g/mol. The number of carbonyl (C=O) groups excluding carboxylic acids is 1. The minimum absolute atomic E-state index is 0.0899. The number of non-ortho nitro benzene ring substituents is 2. The Balaban J connectivity index is 1.75. The van der Waals surface area contributed by atoms with Crippen LogP contribution in [0.3, 0.4) is 0 Å². The summed E-state index contributed by atoms with van der Waals surface area (Å²) in [7, 11) is 0. The molecule has 0 heterocycles. The quantitative estimate of drug-likeness (QED) is 0.442. The summed E-state index contributed by atoms with van der Waals surface area (Å²) < 4.78 is 5.41. The molecule has 2 aliphatic rings. The molecule has 2 saturated carbocycles. The van der Waals surface area contributed by atoms with Crippen molar-refractivity contribution in [2.75, 3.05) is 6.61 Å². The van der Waals surface area contributed by atoms with E-state index < -0.39 is 27.2 Å². The van der Waals surface area contributed by atoms with Gasteiger partial charge in [-0.3, -0.25) is 20.2 Å². The van der Waals surface area contributed by atoms with E-state index in [1.165, 1.54) is 6.42 Å². The zero-order chi connectivity index (χ0) is 19.3. The lowest BCUT2D eigenvalue weighted by Gasteiger charge is -2.39. The molecule has 0 aromatic heterocycles. The fourth-order valence-corrected chi connectivity index (χ4v) is 4.81. The molecule has 1 aromatic carbocycles. The second-order valence-electron chi connectivity index (χ2n) is 8.16. The van der Waals surface area contributed by atoms with Crippen molar-refractivity contribution in [3.8, 4) is 0 Å². The van der Waals surface area contributed by atoms with Gasteiger partial charge in [0.05, 0.1) is 28.1 Å². The van der Waals surface area contributed by atoms with Gasteiger partial charge in [0.25, 0.3) is 11.4 Å². The first kappa shape index (κ1) is 18.3. The first-order valence-corrected chi connectivity index (χ1v) is 8.67. The number of ether oxygens (including phenoxy) is 1. The number of carbonyl (C=O) groups is 1. The summed E-state index contributed by atoms with van der Waals surface area (Å²) in [6, 6.07) is 2.86. The number of fused-ring (bicyclic) bond motifs is 2. The van der Waals surface area contributed by atoms with Gasteiger partial charge < -0.3 is 4.74 Å². The van der Waals surface area contributed by atoms with E-state index in [4.69, 9.17) is 4.74 Å². The molecule has 8 heteroatoms. The summed E-state index contributed by atoms with van der Waals surface area (Å²) in [5.41, 5.74) is -0.891. The van der Waals surface area contributed by atoms with Crippen molar-refractivity contribution in [1.82, 2.24) is 0 Å². The van der Waals surface area contributed by atoms with Gasteiger partial charge in [-0.05, 0) is 41.9 Å². The fraction of sp³-hybridized carbons (Fsp3) is 0.611. The van der Waals surface area contributed by atoms with Crippen molar-refractivity contribution >= 4 is 17.3 Å². The number of nitrogens with zero attached hydrogens (tertiary/aromatic N) is 2. The van der Waals surface area contributed by atoms with E-state index in [0.29, 0.717) is 5.92 Å². The number of rotatable bonds is 5. The maximum absolute atomic E-state index is 12.4. The summed E-state index contributed by atoms with van der Waals surface area (Å²) >= 11 is 0. The van der Waals surface area contributed by atoms with Gasteiger partial charge in [0, 0.05) is 12.1 Å². The second kappa shape index (κ2) is 6.03. The number of hydrogen-bond donors (Lipinski definition) is 0. The van der Waals surface area contributed by atoms with E-state index in [1.54, 1.807) is 0 Å². The first-order valence-electron chi connectivity index (χ1n) is 8.67. The molecule has 3 rings (SSSR count). The van der Waals surface area contributed by atoms with Crippen LogP contribution in [0.1, 0.15) is 50.4 Å². The highest BCUT2D eigenvalue weighted by molar-refractivity contribution is 5.91. The lowest BCUT2D eigenvalue weighted by Crippen LogP contribution is -2.34. The molecule has 3 atom stereocenters. The normalized spacial score (nSPS) is 28.7. The fourth-order valence-electron chi connectivity index (χ4n) is 4.81. The largest absolute Gasteiger partial charge is 0.462 e. The van der Waals surface area contributed by atoms with Crippen molar-refractivity contribution in [3.05, 3.63) is 44.0 Å². The van der Waals surface area contributed by atoms with Gasteiger partial charge in [-0.15, -0.1) is 0 Å². The molecule has 1 aromatic rings. The molecule has 0 radical (unpaired) electrons. The van der Waals surface area contributed by atoms with Crippen LogP contribution in [0.4, 0.5) is 11.4 Å². The molecule has 0 aliphatic heterocycles. The number of hydrogen-bond acceptors (Lipinski definition) is 6. The van der Waals surface area contributed by atoms with E-state index in [9.17, 15) is 25.0 Å². The van der Waals surface area contributed by atoms with E-state index in [-0.39, 0.29) is 28.9 Å². The van der Waals surface area contributed by atoms with Crippen LogP contribution >= 0.6 is 0 Å². The lowest BCUT2D eigenvalue weighted by molar-refractivity contribution is -0.394. The summed E-state index contributed by atoms with van der Waals surface area (Å²) in [4.78, 5) is 32.7. The molecule has 2 bridgehead atoms. The molecule has 2 fully saturated rings. The maximum atomic E-state index is 12.4. The standard InChI is InChI=1S/C18H22N2O6/c1-17(2)12-4-5-18(17,3)13(8-12)10-26-16(21)11-6-14(19(22)23)9-15(7-11)20(24)25/h6-7,9,12-13H,4-5,8,10H2,1-3H3/t12-,13-,18-/m0/s1. The summed E-state index contributed by atoms with van der Waals surface area (Å²) in [6.07, 6.45) is 3.27. The van der Waals surface area contributed by atoms with Gasteiger partial charge in [0.1, 0.15) is 0 Å². The van der Waals surface area contributed by atoms with Crippen LogP contribution in [0.5, 0.6) is 0 Å². The van der Waals surface area contributed by atoms with Crippen molar-refractivity contribution in [2.45, 2.75) is 40.0 Å². The van der Waals surface area contributed by atoms with E-state index in [2.05, 4.69) is 20.8 Å². The van der Waals surface area contributed by atoms with Crippen LogP contribution in [0.2, 0.25) is 0 Å². The molecule has 0 N–H and O–H groups in total. The van der Waals surface area contributed by atoms with Gasteiger partial charge in [0.15, 0.2) is 0 Å². The predicted octanol–water partition coefficient (Wildman–Crippen LogP) is 4.12. The number of nitro benzene ring substituents is 2. The third kappa shape index (κ3) is 2.73. The molecule has 0 spiro atoms. The van der Waals surface area contributed by atoms with Crippen LogP contribution in [0.25, 0.3) is 0 Å². The van der Waals surface area contributed by atoms with Gasteiger partial charge in [-0.2, -0.15) is 0 Å². The SMILES string of the molecule is CC1(C)[C@H]2CC[C@@]1(C)[C@H](COC(=O)c1cc([N+](=O)[O-])cc([N+](=O)[O-])c1)C2. The molecule has 2 aliphatic carbocycles. The number of esters is 1. The van der Waals surface area contributed by atoms with Gasteiger partial charge >= 0.3 is 5.97 Å². The number of nitro groups is 2. The molecular weight excluding hydrogens is 340 g/mol. The topological polar surface area (TPSA) is 113 Å². The Morgan fingerprint density at radius 3 is 2.15 bits per heavy atom. The van der Waals surface area contributed by atoms with Crippen LogP contribution < -0.4 is 0 Å². The third-order valence-electron chi connectivity index (χ3n) is 6.95. The van der Waals surface area contributed by atoms with E-state index in [1.807, 2.05) is 0 Å². The van der Waals surface area contributed by atoms with Gasteiger partial charge in [-0.25, -0.2) is 4.79 Å². The molecule has 26 heavy (non-hydrogen) atoms. The maximum Gasteiger partial charge on any atom is 0.338 e. The molecular formula is C18H22N2O6. The third-order valence-corrected chi connectivity index (χ3v) is 6.95. The van der Waals surface area contributed by atoms with Crippen molar-refractivity contribution < 1.29 is 19.4 Å². The average Bonchev–Trinajstić information content (AvgIpc) is 2.92. The van der Waals surface area contributed by atoms with Crippen LogP contribution in [-0.2, 0) is 4.74 Å². The molecule has 0 unspecified atom stereocenters. The highest BCUT2D eigenvalue weighted by atomic mass is 16.6. The Hall–Kier alpha value is -2.51. The van der Waals surface area contributed by atoms with Crippen LogP contribution in [0, 0.1) is 42.9 Å². The van der Waals surface area contributed by atoms with E-state index >= 15 is 0 Å². The molecule has 0 amide bonds. The summed E-state index contributed by atoms with van der Waals surface area (Å²) in [6.45, 7) is 6.98. The Bertz CT molecular complexity index is 758. The Morgan fingerprint density at radius 1 is 1.15 bits per heavy atom. The second-order valence-corrected chi connectivity index (χ2v) is 8.16. The minimum atomic E-state index is -0.763. The molecule has 140 valence electrons. The smallest absolute Gasteiger partial charge is 0.338 e. The zero-order valence-electron chi connectivity index (χ0n) is 15.1. The average molecular weight is 362 g/mol. The minimum Gasteiger partial charge on any atom is -0.462 e. The van der Waals surface area contributed by atoms with Gasteiger partial charge in [0.2, 0.25) is 0 Å². The highest BCUT2D eigenvalue weighted by Gasteiger charge is 2.61. The van der Waals surface area contributed by atoms with Crippen molar-refractivity contribution in [1.29, 1.82) is 0 Å². The molecule has 8 nitrogen and oxygen atoms in total. The Labute approximate surface area is 150 Å². The highest BCUT2D eigenvalue weighted by Crippen LogP contribution is 2.68. The van der Waals surface area contributed by atoms with Gasteiger partial charge in [-0.1, -0.05) is 20.8 Å². The Morgan fingerprint density at radius 2 is 1.73 bits per heavy atom. The summed E-state index contributed by atoms with van der Waals surface area (Å²) in [5, 5.41) is 21.9. The zero-order valence-corrected chi connectivity index (χ0v) is 15.1. The first-order chi connectivity index (χ1) is 12.1. The molecule has 0 saturated heterocycles.